The highest BCUT2D eigenvalue weighted by Gasteiger charge is 2.56. The number of carbonyl (C=O) groups is 2. The number of phenolic OH excluding ortho intramolecular Hbond substituents is 1. The number of fused-ring (bicyclic) bond motifs is 3. The summed E-state index contributed by atoms with van der Waals surface area (Å²) in [6.45, 7) is 2.29. The first-order chi connectivity index (χ1) is 18.8. The summed E-state index contributed by atoms with van der Waals surface area (Å²) in [5, 5.41) is 20.2. The van der Waals surface area contributed by atoms with Gasteiger partial charge in [0.25, 0.3) is 0 Å². The van der Waals surface area contributed by atoms with Crippen LogP contribution in [0.5, 0.6) is 11.5 Å². The highest BCUT2D eigenvalue weighted by molar-refractivity contribution is 6.43. The van der Waals surface area contributed by atoms with Crippen LogP contribution in [0, 0.1) is 23.6 Å². The third-order valence-corrected chi connectivity index (χ3v) is 8.21. The zero-order valence-corrected chi connectivity index (χ0v) is 22.2. The molecule has 0 radical (unpaired) electrons. The SMILES string of the molecule is CC/C(=C\c1ccc(O)c(F)c1)CC[C@H]1OB(O)C[C@H]2C1=C(COc1ccccc1)C[C@H]1C(=O)N(C)C(=O)[C@H]12. The van der Waals surface area contributed by atoms with Gasteiger partial charge in [-0.05, 0) is 78.9 Å². The van der Waals surface area contributed by atoms with Crippen molar-refractivity contribution in [1.82, 2.24) is 4.90 Å². The molecule has 0 spiro atoms. The van der Waals surface area contributed by atoms with Crippen LogP contribution in [0.25, 0.3) is 6.08 Å². The van der Waals surface area contributed by atoms with E-state index in [4.69, 9.17) is 9.39 Å². The average molecular weight is 533 g/mol. The second-order valence-corrected chi connectivity index (χ2v) is 10.6. The van der Waals surface area contributed by atoms with Crippen molar-refractivity contribution < 1.29 is 33.5 Å². The van der Waals surface area contributed by atoms with Gasteiger partial charge in [0.1, 0.15) is 12.4 Å². The highest BCUT2D eigenvalue weighted by atomic mass is 19.1. The van der Waals surface area contributed by atoms with E-state index < -0.39 is 30.9 Å². The summed E-state index contributed by atoms with van der Waals surface area (Å²) >= 11 is 0. The largest absolute Gasteiger partial charge is 0.505 e. The third kappa shape index (κ3) is 5.51. The Morgan fingerprint density at radius 1 is 1.18 bits per heavy atom. The van der Waals surface area contributed by atoms with E-state index in [2.05, 4.69) is 0 Å². The molecule has 0 unspecified atom stereocenters. The van der Waals surface area contributed by atoms with Crippen LogP contribution < -0.4 is 4.74 Å². The molecule has 0 aromatic heterocycles. The highest BCUT2D eigenvalue weighted by Crippen LogP contribution is 2.50. The molecule has 2 aromatic carbocycles. The molecular weight excluding hydrogens is 500 g/mol. The fourth-order valence-corrected chi connectivity index (χ4v) is 6.26. The molecule has 2 aliphatic heterocycles. The number of rotatable bonds is 8. The maximum absolute atomic E-state index is 13.9. The summed E-state index contributed by atoms with van der Waals surface area (Å²) in [6, 6.07) is 13.7. The number of likely N-dealkylation sites (tertiary alicyclic amines) is 1. The van der Waals surface area contributed by atoms with Gasteiger partial charge in [0.05, 0.1) is 17.9 Å². The number of phenols is 1. The lowest BCUT2D eigenvalue weighted by Gasteiger charge is -2.43. The van der Waals surface area contributed by atoms with Crippen molar-refractivity contribution in [3.63, 3.8) is 0 Å². The number of nitrogens with zero attached hydrogens (tertiary/aromatic N) is 1. The van der Waals surface area contributed by atoms with Crippen molar-refractivity contribution in [3.05, 3.63) is 76.6 Å². The normalized spacial score (nSPS) is 25.2. The van der Waals surface area contributed by atoms with E-state index in [1.807, 2.05) is 43.3 Å². The first-order valence-electron chi connectivity index (χ1n) is 13.5. The van der Waals surface area contributed by atoms with Crippen LogP contribution >= 0.6 is 0 Å². The molecule has 39 heavy (non-hydrogen) atoms. The maximum atomic E-state index is 13.9. The van der Waals surface area contributed by atoms with E-state index in [0.717, 1.165) is 23.1 Å². The second kappa shape index (κ2) is 11.4. The van der Waals surface area contributed by atoms with Crippen LogP contribution in [0.4, 0.5) is 4.39 Å². The maximum Gasteiger partial charge on any atom is 0.455 e. The minimum absolute atomic E-state index is 0.184. The Morgan fingerprint density at radius 2 is 1.95 bits per heavy atom. The molecule has 0 bridgehead atoms. The van der Waals surface area contributed by atoms with Gasteiger partial charge in [-0.25, -0.2) is 4.39 Å². The fourth-order valence-electron chi connectivity index (χ4n) is 6.26. The van der Waals surface area contributed by atoms with Crippen LogP contribution in [-0.4, -0.2) is 53.7 Å². The first-order valence-corrected chi connectivity index (χ1v) is 13.5. The number of para-hydroxylation sites is 1. The Kier molecular flexibility index (Phi) is 7.91. The molecule has 1 aliphatic carbocycles. The number of amides is 2. The lowest BCUT2D eigenvalue weighted by molar-refractivity contribution is -0.138. The Bertz CT molecular complexity index is 1310. The third-order valence-electron chi connectivity index (χ3n) is 8.21. The molecule has 4 atom stereocenters. The molecule has 7 nitrogen and oxygen atoms in total. The van der Waals surface area contributed by atoms with E-state index in [1.165, 1.54) is 24.1 Å². The lowest BCUT2D eigenvalue weighted by atomic mass is 9.58. The molecule has 5 rings (SSSR count). The van der Waals surface area contributed by atoms with Crippen molar-refractivity contribution in [2.45, 2.75) is 45.0 Å². The van der Waals surface area contributed by atoms with Gasteiger partial charge in [-0.1, -0.05) is 42.8 Å². The first kappa shape index (κ1) is 27.2. The molecule has 9 heteroatoms. The number of imide groups is 1. The quantitative estimate of drug-likeness (QED) is 0.292. The van der Waals surface area contributed by atoms with Crippen LogP contribution in [-0.2, 0) is 14.2 Å². The summed E-state index contributed by atoms with van der Waals surface area (Å²) < 4.78 is 26.0. The number of hydrogen-bond acceptors (Lipinski definition) is 6. The molecule has 2 heterocycles. The van der Waals surface area contributed by atoms with Gasteiger partial charge in [0, 0.05) is 7.05 Å². The van der Waals surface area contributed by atoms with Crippen LogP contribution in [0.15, 0.2) is 65.3 Å². The van der Waals surface area contributed by atoms with E-state index in [1.54, 1.807) is 6.07 Å². The molecule has 204 valence electrons. The summed E-state index contributed by atoms with van der Waals surface area (Å²) in [5.74, 6) is -2.03. The van der Waals surface area contributed by atoms with Crippen molar-refractivity contribution in [3.8, 4) is 11.5 Å². The fraction of sp³-hybridized carbons (Fsp3) is 0.400. The van der Waals surface area contributed by atoms with Crippen LogP contribution in [0.3, 0.4) is 0 Å². The average Bonchev–Trinajstić information content (AvgIpc) is 3.15. The van der Waals surface area contributed by atoms with Crippen molar-refractivity contribution in [2.24, 2.45) is 17.8 Å². The number of hydrogen-bond donors (Lipinski definition) is 2. The molecule has 2 N–H and O–H groups in total. The zero-order chi connectivity index (χ0) is 27.7. The molecule has 2 saturated heterocycles. The molecular formula is C30H33BFNO6. The van der Waals surface area contributed by atoms with Crippen molar-refractivity contribution in [1.29, 1.82) is 0 Å². The van der Waals surface area contributed by atoms with Crippen LogP contribution in [0.1, 0.15) is 38.2 Å². The number of ether oxygens (including phenoxy) is 1. The lowest BCUT2D eigenvalue weighted by Crippen LogP contribution is -2.46. The molecule has 0 saturated carbocycles. The molecule has 2 amide bonds. The van der Waals surface area contributed by atoms with E-state index >= 15 is 0 Å². The van der Waals surface area contributed by atoms with E-state index in [9.17, 15) is 24.1 Å². The second-order valence-electron chi connectivity index (χ2n) is 10.6. The summed E-state index contributed by atoms with van der Waals surface area (Å²) in [7, 11) is 0.480. The Hall–Kier alpha value is -3.43. The summed E-state index contributed by atoms with van der Waals surface area (Å²) in [4.78, 5) is 27.3. The summed E-state index contributed by atoms with van der Waals surface area (Å²) in [6.07, 6.45) is 4.02. The Labute approximate surface area is 228 Å². The van der Waals surface area contributed by atoms with Crippen molar-refractivity contribution in [2.75, 3.05) is 13.7 Å². The predicted molar refractivity (Wildman–Crippen MR) is 145 cm³/mol. The van der Waals surface area contributed by atoms with Gasteiger partial charge in [-0.3, -0.25) is 14.5 Å². The Morgan fingerprint density at radius 3 is 2.67 bits per heavy atom. The van der Waals surface area contributed by atoms with Gasteiger partial charge in [-0.15, -0.1) is 0 Å². The monoisotopic (exact) mass is 533 g/mol. The molecule has 2 aromatic rings. The predicted octanol–water partition coefficient (Wildman–Crippen LogP) is 4.61. The number of allylic oxidation sites excluding steroid dienone is 1. The van der Waals surface area contributed by atoms with E-state index in [-0.39, 0.29) is 36.4 Å². The molecule has 3 aliphatic rings. The topological polar surface area (TPSA) is 96.3 Å². The number of aromatic hydroxyl groups is 1. The van der Waals surface area contributed by atoms with Gasteiger partial charge >= 0.3 is 7.12 Å². The van der Waals surface area contributed by atoms with Gasteiger partial charge in [0.2, 0.25) is 11.8 Å². The number of benzene rings is 2. The summed E-state index contributed by atoms with van der Waals surface area (Å²) in [5.41, 5.74) is 3.61. The van der Waals surface area contributed by atoms with Gasteiger partial charge in [-0.2, -0.15) is 0 Å². The minimum atomic E-state index is -1.05. The van der Waals surface area contributed by atoms with Gasteiger partial charge in [0.15, 0.2) is 11.6 Å². The number of carbonyl (C=O) groups excluding carboxylic acids is 2. The van der Waals surface area contributed by atoms with Gasteiger partial charge < -0.3 is 19.5 Å². The van der Waals surface area contributed by atoms with Crippen molar-refractivity contribution >= 4 is 25.0 Å². The Balaban J connectivity index is 1.44. The smallest absolute Gasteiger partial charge is 0.455 e. The van der Waals surface area contributed by atoms with E-state index in [0.29, 0.717) is 30.6 Å². The number of halogens is 1. The van der Waals surface area contributed by atoms with Crippen LogP contribution in [0.2, 0.25) is 6.32 Å². The zero-order valence-electron chi connectivity index (χ0n) is 22.2. The standard InChI is InChI=1S/C30H33BFNO6/c1-3-18(13-19-9-11-25(34)24(32)14-19)10-12-26-27-20(17-38-21-7-5-4-6-8-21)15-22-28(23(27)16-31(37)39-26)30(36)33(2)29(22)35/h4-9,11,13-14,22-23,26,28,34,37H,3,10,12,15-17H2,1-2H3/b18-13+/t22-,23+,26-,28-/m1/s1. The molecule has 2 fully saturated rings. The minimum Gasteiger partial charge on any atom is -0.505 e.